The summed E-state index contributed by atoms with van der Waals surface area (Å²) in [6.07, 6.45) is 0. The number of nitrogens with one attached hydrogen (secondary N) is 2. The average molecular weight is 403 g/mol. The lowest BCUT2D eigenvalue weighted by Crippen LogP contribution is -2.23. The third-order valence-corrected chi connectivity index (χ3v) is 5.53. The van der Waals surface area contributed by atoms with Crippen molar-refractivity contribution in [2.45, 2.75) is 47.5 Å². The molecule has 0 saturated carbocycles. The molecule has 0 spiro atoms. The minimum absolute atomic E-state index is 0.245. The van der Waals surface area contributed by atoms with Gasteiger partial charge in [-0.05, 0) is 43.4 Å². The Hall–Kier alpha value is -2.67. The van der Waals surface area contributed by atoms with E-state index < -0.39 is 18.5 Å². The Kier molecular flexibility index (Phi) is 6.96. The average Bonchev–Trinajstić information content (AvgIpc) is 2.87. The lowest BCUT2D eigenvalue weighted by molar-refractivity contribution is -0.119. The molecule has 2 rings (SSSR count). The molecule has 1 aromatic carbocycles. The van der Waals surface area contributed by atoms with Crippen LogP contribution in [-0.4, -0.2) is 24.4 Å². The normalized spacial score (nSPS) is 10.7. The monoisotopic (exact) mass is 402 g/mol. The number of amides is 2. The van der Waals surface area contributed by atoms with E-state index in [1.807, 2.05) is 32.0 Å². The molecule has 0 unspecified atom stereocenters. The van der Waals surface area contributed by atoms with Crippen molar-refractivity contribution >= 4 is 39.8 Å². The summed E-state index contributed by atoms with van der Waals surface area (Å²) in [5, 5.41) is 5.94. The van der Waals surface area contributed by atoms with Gasteiger partial charge in [0.15, 0.2) is 6.61 Å². The Morgan fingerprint density at radius 3 is 2.39 bits per heavy atom. The van der Waals surface area contributed by atoms with Crippen molar-refractivity contribution in [2.75, 3.05) is 17.2 Å². The van der Waals surface area contributed by atoms with Crippen molar-refractivity contribution in [3.8, 4) is 0 Å². The van der Waals surface area contributed by atoms with Gasteiger partial charge in [0.1, 0.15) is 5.00 Å². The standard InChI is InChI=1S/C21H26N2O4S/c1-11(2)16-9-7-8-12(3)19(16)23-17(25)10-27-21(26)18-13(4)14(5)28-20(18)22-15(6)24/h7-9,11H,10H2,1-6H3,(H,22,24)(H,23,25). The molecule has 150 valence electrons. The van der Waals surface area contributed by atoms with E-state index in [9.17, 15) is 14.4 Å². The molecule has 0 aliphatic heterocycles. The van der Waals surface area contributed by atoms with E-state index >= 15 is 0 Å². The molecule has 2 N–H and O–H groups in total. The molecule has 2 aromatic rings. The number of carbonyl (C=O) groups excluding carboxylic acids is 3. The van der Waals surface area contributed by atoms with Crippen LogP contribution < -0.4 is 10.6 Å². The van der Waals surface area contributed by atoms with Gasteiger partial charge in [0.25, 0.3) is 5.91 Å². The highest BCUT2D eigenvalue weighted by Gasteiger charge is 2.22. The Balaban J connectivity index is 2.11. The number of hydrogen-bond donors (Lipinski definition) is 2. The Morgan fingerprint density at radius 2 is 1.79 bits per heavy atom. The largest absolute Gasteiger partial charge is 0.452 e. The summed E-state index contributed by atoms with van der Waals surface area (Å²) in [4.78, 5) is 37.2. The maximum Gasteiger partial charge on any atom is 0.341 e. The number of rotatable bonds is 6. The van der Waals surface area contributed by atoms with Gasteiger partial charge in [-0.2, -0.15) is 0 Å². The van der Waals surface area contributed by atoms with Crippen LogP contribution >= 0.6 is 11.3 Å². The Bertz CT molecular complexity index is 915. The highest BCUT2D eigenvalue weighted by atomic mass is 32.1. The summed E-state index contributed by atoms with van der Waals surface area (Å²) in [6, 6.07) is 5.84. The molecule has 0 saturated heterocycles. The van der Waals surface area contributed by atoms with E-state index in [4.69, 9.17) is 4.74 Å². The first-order valence-corrected chi connectivity index (χ1v) is 9.87. The molecule has 0 radical (unpaired) electrons. The number of aryl methyl sites for hydroxylation is 2. The second-order valence-corrected chi connectivity index (χ2v) is 8.21. The van der Waals surface area contributed by atoms with Crippen LogP contribution in [0.1, 0.15) is 58.6 Å². The number of thiophene rings is 1. The molecule has 0 fully saturated rings. The van der Waals surface area contributed by atoms with Gasteiger partial charge in [-0.1, -0.05) is 32.0 Å². The van der Waals surface area contributed by atoms with E-state index in [0.717, 1.165) is 27.3 Å². The fourth-order valence-electron chi connectivity index (χ4n) is 2.84. The van der Waals surface area contributed by atoms with Gasteiger partial charge in [0.05, 0.1) is 5.56 Å². The predicted octanol–water partition coefficient (Wildman–Crippen LogP) is 4.55. The highest BCUT2D eigenvalue weighted by molar-refractivity contribution is 7.16. The molecule has 1 heterocycles. The summed E-state index contributed by atoms with van der Waals surface area (Å²) in [7, 11) is 0. The van der Waals surface area contributed by atoms with Gasteiger partial charge < -0.3 is 15.4 Å². The number of esters is 1. The molecule has 0 atom stereocenters. The van der Waals surface area contributed by atoms with Gasteiger partial charge in [-0.15, -0.1) is 11.3 Å². The lowest BCUT2D eigenvalue weighted by Gasteiger charge is -2.16. The number of hydrogen-bond acceptors (Lipinski definition) is 5. The Morgan fingerprint density at radius 1 is 1.11 bits per heavy atom. The molecular formula is C21H26N2O4S. The molecular weight excluding hydrogens is 376 g/mol. The second-order valence-electron chi connectivity index (χ2n) is 6.99. The van der Waals surface area contributed by atoms with E-state index in [1.165, 1.54) is 18.3 Å². The topological polar surface area (TPSA) is 84.5 Å². The number of benzene rings is 1. The molecule has 0 aliphatic rings. The van der Waals surface area contributed by atoms with Gasteiger partial charge in [0.2, 0.25) is 5.91 Å². The van der Waals surface area contributed by atoms with Crippen molar-refractivity contribution < 1.29 is 19.1 Å². The van der Waals surface area contributed by atoms with Crippen molar-refractivity contribution in [3.63, 3.8) is 0 Å². The summed E-state index contributed by atoms with van der Waals surface area (Å²) in [5.41, 5.74) is 3.75. The quantitative estimate of drug-likeness (QED) is 0.694. The van der Waals surface area contributed by atoms with Crippen LogP contribution in [-0.2, 0) is 14.3 Å². The third-order valence-electron chi connectivity index (χ3n) is 4.40. The van der Waals surface area contributed by atoms with E-state index in [2.05, 4.69) is 24.5 Å². The zero-order valence-corrected chi connectivity index (χ0v) is 17.9. The zero-order chi connectivity index (χ0) is 21.0. The molecule has 1 aromatic heterocycles. The van der Waals surface area contributed by atoms with Crippen LogP contribution in [0.5, 0.6) is 0 Å². The van der Waals surface area contributed by atoms with Gasteiger partial charge >= 0.3 is 5.97 Å². The third kappa shape index (κ3) is 4.98. The van der Waals surface area contributed by atoms with Crippen LogP contribution in [0, 0.1) is 20.8 Å². The SMILES string of the molecule is CC(=O)Nc1sc(C)c(C)c1C(=O)OCC(=O)Nc1c(C)cccc1C(C)C. The van der Waals surface area contributed by atoms with Gasteiger partial charge in [-0.3, -0.25) is 9.59 Å². The summed E-state index contributed by atoms with van der Waals surface area (Å²) in [6.45, 7) is 10.6. The zero-order valence-electron chi connectivity index (χ0n) is 17.1. The maximum absolute atomic E-state index is 12.5. The second kappa shape index (κ2) is 9.01. The summed E-state index contributed by atoms with van der Waals surface area (Å²) >= 11 is 1.31. The first-order valence-electron chi connectivity index (χ1n) is 9.05. The first-order chi connectivity index (χ1) is 13.1. The maximum atomic E-state index is 12.5. The molecule has 0 bridgehead atoms. The number of para-hydroxylation sites is 1. The first kappa shape index (κ1) is 21.6. The highest BCUT2D eigenvalue weighted by Crippen LogP contribution is 2.33. The number of anilines is 2. The van der Waals surface area contributed by atoms with Gasteiger partial charge in [-0.25, -0.2) is 4.79 Å². The molecule has 6 nitrogen and oxygen atoms in total. The van der Waals surface area contributed by atoms with Gasteiger partial charge in [0, 0.05) is 17.5 Å². The van der Waals surface area contributed by atoms with Crippen LogP contribution in [0.15, 0.2) is 18.2 Å². The van der Waals surface area contributed by atoms with Crippen LogP contribution in [0.2, 0.25) is 0 Å². The van der Waals surface area contributed by atoms with E-state index in [-0.39, 0.29) is 11.8 Å². The number of carbonyl (C=O) groups is 3. The predicted molar refractivity (Wildman–Crippen MR) is 112 cm³/mol. The fourth-order valence-corrected chi connectivity index (χ4v) is 3.94. The van der Waals surface area contributed by atoms with Crippen LogP contribution in [0.4, 0.5) is 10.7 Å². The number of ether oxygens (including phenoxy) is 1. The molecule has 28 heavy (non-hydrogen) atoms. The van der Waals surface area contributed by atoms with Crippen molar-refractivity contribution in [2.24, 2.45) is 0 Å². The minimum atomic E-state index is -0.630. The molecule has 7 heteroatoms. The summed E-state index contributed by atoms with van der Waals surface area (Å²) in [5.74, 6) is -1.06. The van der Waals surface area contributed by atoms with E-state index in [0.29, 0.717) is 10.6 Å². The fraction of sp³-hybridized carbons (Fsp3) is 0.381. The van der Waals surface area contributed by atoms with Crippen LogP contribution in [0.25, 0.3) is 0 Å². The van der Waals surface area contributed by atoms with E-state index in [1.54, 1.807) is 6.92 Å². The molecule has 0 aliphatic carbocycles. The van der Waals surface area contributed by atoms with Crippen molar-refractivity contribution in [1.29, 1.82) is 0 Å². The van der Waals surface area contributed by atoms with Crippen molar-refractivity contribution in [3.05, 3.63) is 45.3 Å². The van der Waals surface area contributed by atoms with Crippen molar-refractivity contribution in [1.82, 2.24) is 0 Å². The smallest absolute Gasteiger partial charge is 0.341 e. The Labute approximate surface area is 169 Å². The summed E-state index contributed by atoms with van der Waals surface area (Å²) < 4.78 is 5.22. The lowest BCUT2D eigenvalue weighted by atomic mass is 9.98. The molecule has 2 amide bonds. The minimum Gasteiger partial charge on any atom is -0.452 e. The van der Waals surface area contributed by atoms with Crippen LogP contribution in [0.3, 0.4) is 0 Å².